The molecular formula is C16H16ClNO. The van der Waals surface area contributed by atoms with Crippen LogP contribution in [0.1, 0.15) is 5.56 Å². The summed E-state index contributed by atoms with van der Waals surface area (Å²) in [4.78, 5) is 0. The zero-order chi connectivity index (χ0) is 13.2. The molecule has 0 saturated heterocycles. The van der Waals surface area contributed by atoms with Crippen molar-refractivity contribution in [3.8, 4) is 16.9 Å². The average molecular weight is 274 g/mol. The summed E-state index contributed by atoms with van der Waals surface area (Å²) in [5.41, 5.74) is 3.58. The number of para-hydroxylation sites is 1. The third-order valence-electron chi connectivity index (χ3n) is 3.42. The molecule has 1 atom stereocenters. The molecule has 98 valence electrons. The maximum Gasteiger partial charge on any atom is 0.130 e. The summed E-state index contributed by atoms with van der Waals surface area (Å²) >= 11 is 5.94. The molecule has 0 fully saturated rings. The highest BCUT2D eigenvalue weighted by molar-refractivity contribution is 6.30. The number of halogens is 1. The summed E-state index contributed by atoms with van der Waals surface area (Å²) in [5.74, 6) is 1.02. The Morgan fingerprint density at radius 3 is 2.74 bits per heavy atom. The van der Waals surface area contributed by atoms with E-state index in [4.69, 9.17) is 16.3 Å². The quantitative estimate of drug-likeness (QED) is 0.924. The number of hydrogen-bond donors (Lipinski definition) is 1. The highest BCUT2D eigenvalue weighted by Gasteiger charge is 2.24. The fourth-order valence-corrected chi connectivity index (χ4v) is 2.66. The van der Waals surface area contributed by atoms with Crippen molar-refractivity contribution < 1.29 is 4.74 Å². The van der Waals surface area contributed by atoms with Crippen LogP contribution in [-0.4, -0.2) is 19.7 Å². The van der Waals surface area contributed by atoms with E-state index in [2.05, 4.69) is 23.5 Å². The van der Waals surface area contributed by atoms with Crippen molar-refractivity contribution in [3.05, 3.63) is 53.1 Å². The van der Waals surface area contributed by atoms with Crippen molar-refractivity contribution in [2.75, 3.05) is 13.6 Å². The molecule has 1 N–H and O–H groups in total. The SMILES string of the molecule is CNC[C@H]1Cc2cccc(-c3ccc(Cl)cc3)c2O1. The maximum atomic E-state index is 6.07. The van der Waals surface area contributed by atoms with Crippen LogP contribution < -0.4 is 10.1 Å². The van der Waals surface area contributed by atoms with Crippen molar-refractivity contribution >= 4 is 11.6 Å². The first-order chi connectivity index (χ1) is 9.28. The maximum absolute atomic E-state index is 6.07. The van der Waals surface area contributed by atoms with Gasteiger partial charge in [0.1, 0.15) is 11.9 Å². The van der Waals surface area contributed by atoms with E-state index in [0.717, 1.165) is 34.9 Å². The number of ether oxygens (including phenoxy) is 1. The average Bonchev–Trinajstić information content (AvgIpc) is 2.82. The van der Waals surface area contributed by atoms with Gasteiger partial charge in [-0.05, 0) is 30.3 Å². The van der Waals surface area contributed by atoms with Crippen LogP contribution in [0.25, 0.3) is 11.1 Å². The Kier molecular flexibility index (Phi) is 3.45. The van der Waals surface area contributed by atoms with Crippen LogP contribution in [0.5, 0.6) is 5.75 Å². The monoisotopic (exact) mass is 273 g/mol. The molecule has 3 rings (SSSR count). The second-order valence-corrected chi connectivity index (χ2v) is 5.24. The van der Waals surface area contributed by atoms with E-state index >= 15 is 0 Å². The van der Waals surface area contributed by atoms with Crippen molar-refractivity contribution in [1.82, 2.24) is 5.32 Å². The molecule has 2 aromatic carbocycles. The third-order valence-corrected chi connectivity index (χ3v) is 3.67. The largest absolute Gasteiger partial charge is 0.488 e. The molecule has 1 aliphatic heterocycles. The van der Waals surface area contributed by atoms with Crippen LogP contribution in [0, 0.1) is 0 Å². The smallest absolute Gasteiger partial charge is 0.130 e. The van der Waals surface area contributed by atoms with Gasteiger partial charge in [-0.25, -0.2) is 0 Å². The van der Waals surface area contributed by atoms with Gasteiger partial charge in [-0.2, -0.15) is 0 Å². The third kappa shape index (κ3) is 2.46. The van der Waals surface area contributed by atoms with Gasteiger partial charge in [-0.1, -0.05) is 41.9 Å². The van der Waals surface area contributed by atoms with Gasteiger partial charge in [-0.15, -0.1) is 0 Å². The van der Waals surface area contributed by atoms with Crippen LogP contribution in [0.2, 0.25) is 5.02 Å². The Hall–Kier alpha value is -1.51. The molecule has 19 heavy (non-hydrogen) atoms. The summed E-state index contributed by atoms with van der Waals surface area (Å²) in [7, 11) is 1.95. The van der Waals surface area contributed by atoms with E-state index in [-0.39, 0.29) is 6.10 Å². The Labute approximate surface area is 118 Å². The summed E-state index contributed by atoms with van der Waals surface area (Å²) in [6.07, 6.45) is 1.20. The Bertz CT molecular complexity index is 580. The van der Waals surface area contributed by atoms with E-state index in [0.29, 0.717) is 0 Å². The predicted octanol–water partition coefficient (Wildman–Crippen LogP) is 3.53. The van der Waals surface area contributed by atoms with E-state index in [9.17, 15) is 0 Å². The van der Waals surface area contributed by atoms with Crippen LogP contribution >= 0.6 is 11.6 Å². The lowest BCUT2D eigenvalue weighted by Crippen LogP contribution is -2.27. The van der Waals surface area contributed by atoms with E-state index in [1.54, 1.807) is 0 Å². The molecule has 0 aliphatic carbocycles. The molecule has 0 saturated carbocycles. The first kappa shape index (κ1) is 12.5. The molecule has 3 heteroatoms. The minimum Gasteiger partial charge on any atom is -0.488 e. The molecule has 1 heterocycles. The zero-order valence-corrected chi connectivity index (χ0v) is 11.6. The lowest BCUT2D eigenvalue weighted by molar-refractivity contribution is 0.232. The van der Waals surface area contributed by atoms with E-state index < -0.39 is 0 Å². The lowest BCUT2D eigenvalue weighted by Gasteiger charge is -2.12. The van der Waals surface area contributed by atoms with Gasteiger partial charge >= 0.3 is 0 Å². The summed E-state index contributed by atoms with van der Waals surface area (Å²) in [6, 6.07) is 14.2. The van der Waals surface area contributed by atoms with Crippen molar-refractivity contribution in [2.24, 2.45) is 0 Å². The first-order valence-electron chi connectivity index (χ1n) is 6.47. The molecule has 0 bridgehead atoms. The standard InChI is InChI=1S/C16H16ClNO/c1-18-10-14-9-12-3-2-4-15(16(12)19-14)11-5-7-13(17)8-6-11/h2-8,14,18H,9-10H2,1H3/t14-/m1/s1. The van der Waals surface area contributed by atoms with Gasteiger partial charge < -0.3 is 10.1 Å². The van der Waals surface area contributed by atoms with Crippen LogP contribution in [0.4, 0.5) is 0 Å². The molecule has 0 aromatic heterocycles. The molecule has 0 radical (unpaired) electrons. The number of nitrogens with one attached hydrogen (secondary N) is 1. The van der Waals surface area contributed by atoms with Gasteiger partial charge in [0.15, 0.2) is 0 Å². The molecule has 2 nitrogen and oxygen atoms in total. The fraction of sp³-hybridized carbons (Fsp3) is 0.250. The summed E-state index contributed by atoms with van der Waals surface area (Å²) in [5, 5.41) is 3.92. The van der Waals surface area contributed by atoms with Gasteiger partial charge in [0.2, 0.25) is 0 Å². The predicted molar refractivity (Wildman–Crippen MR) is 78.9 cm³/mol. The van der Waals surface area contributed by atoms with Gasteiger partial charge in [0, 0.05) is 23.6 Å². The van der Waals surface area contributed by atoms with Crippen LogP contribution in [0.15, 0.2) is 42.5 Å². The Morgan fingerprint density at radius 1 is 1.21 bits per heavy atom. The highest BCUT2D eigenvalue weighted by Crippen LogP contribution is 2.38. The van der Waals surface area contributed by atoms with Crippen LogP contribution in [-0.2, 0) is 6.42 Å². The van der Waals surface area contributed by atoms with Gasteiger partial charge in [-0.3, -0.25) is 0 Å². The highest BCUT2D eigenvalue weighted by atomic mass is 35.5. The second-order valence-electron chi connectivity index (χ2n) is 4.80. The molecule has 0 spiro atoms. The zero-order valence-electron chi connectivity index (χ0n) is 10.8. The minimum absolute atomic E-state index is 0.230. The first-order valence-corrected chi connectivity index (χ1v) is 6.85. The topological polar surface area (TPSA) is 21.3 Å². The van der Waals surface area contributed by atoms with Crippen molar-refractivity contribution in [1.29, 1.82) is 0 Å². The number of fused-ring (bicyclic) bond motifs is 1. The Morgan fingerprint density at radius 2 is 2.00 bits per heavy atom. The molecular weight excluding hydrogens is 258 g/mol. The molecule has 2 aromatic rings. The lowest BCUT2D eigenvalue weighted by atomic mass is 10.0. The summed E-state index contributed by atoms with van der Waals surface area (Å²) in [6.45, 7) is 0.870. The van der Waals surface area contributed by atoms with E-state index in [1.807, 2.05) is 31.3 Å². The van der Waals surface area contributed by atoms with Crippen molar-refractivity contribution in [2.45, 2.75) is 12.5 Å². The minimum atomic E-state index is 0.230. The molecule has 1 aliphatic rings. The number of rotatable bonds is 3. The number of hydrogen-bond acceptors (Lipinski definition) is 2. The van der Waals surface area contributed by atoms with Gasteiger partial charge in [0.05, 0.1) is 0 Å². The van der Waals surface area contributed by atoms with Crippen molar-refractivity contribution in [3.63, 3.8) is 0 Å². The number of likely N-dealkylation sites (N-methyl/N-ethyl adjacent to an activating group) is 1. The van der Waals surface area contributed by atoms with Crippen LogP contribution in [0.3, 0.4) is 0 Å². The normalized spacial score (nSPS) is 17.1. The molecule has 0 unspecified atom stereocenters. The van der Waals surface area contributed by atoms with Gasteiger partial charge in [0.25, 0.3) is 0 Å². The number of benzene rings is 2. The fourth-order valence-electron chi connectivity index (χ4n) is 2.54. The summed E-state index contributed by atoms with van der Waals surface area (Å²) < 4.78 is 6.07. The Balaban J connectivity index is 1.97. The van der Waals surface area contributed by atoms with E-state index in [1.165, 1.54) is 5.56 Å². The second kappa shape index (κ2) is 5.24. The molecule has 0 amide bonds.